The van der Waals surface area contributed by atoms with Gasteiger partial charge in [0.15, 0.2) is 6.10 Å². The van der Waals surface area contributed by atoms with E-state index >= 15 is 0 Å². The largest absolute Gasteiger partial charge is 0.489 e. The van der Waals surface area contributed by atoms with Crippen molar-refractivity contribution < 1.29 is 23.6 Å². The zero-order valence-electron chi connectivity index (χ0n) is 19.4. The lowest BCUT2D eigenvalue weighted by Crippen LogP contribution is -2.33. The molecule has 0 saturated heterocycles. The number of rotatable bonds is 10. The molecule has 1 aromatic heterocycles. The fourth-order valence-electron chi connectivity index (χ4n) is 3.19. The number of ether oxygens (including phenoxy) is 2. The highest BCUT2D eigenvalue weighted by atomic mass is 16.6. The standard InChI is InChI=1S/C27H23N3O6/c1-19(35-24-13-11-23(12-14-24)34-18-20-5-3-2-4-6-20)27(31)29-28-17-25-15-16-26(36-25)21-7-9-22(10-8-21)30(32)33/h2-17,19H,18H2,1H3,(H,29,31)/b28-17+. The van der Waals surface area contributed by atoms with Gasteiger partial charge in [0.25, 0.3) is 11.6 Å². The number of hydrogen-bond donors (Lipinski definition) is 1. The molecule has 36 heavy (non-hydrogen) atoms. The number of nitro groups is 1. The summed E-state index contributed by atoms with van der Waals surface area (Å²) in [5.74, 6) is 1.71. The first-order valence-electron chi connectivity index (χ1n) is 11.1. The smallest absolute Gasteiger partial charge is 0.280 e. The van der Waals surface area contributed by atoms with E-state index in [1.807, 2.05) is 30.3 Å². The molecular weight excluding hydrogens is 462 g/mol. The zero-order chi connectivity index (χ0) is 25.3. The van der Waals surface area contributed by atoms with Crippen LogP contribution in [0.5, 0.6) is 11.5 Å². The van der Waals surface area contributed by atoms with Gasteiger partial charge in [0.05, 0.1) is 11.1 Å². The minimum Gasteiger partial charge on any atom is -0.489 e. The third-order valence-corrected chi connectivity index (χ3v) is 5.11. The molecule has 3 aromatic carbocycles. The van der Waals surface area contributed by atoms with E-state index in [0.29, 0.717) is 35.2 Å². The molecule has 0 radical (unpaired) electrons. The molecule has 0 fully saturated rings. The molecule has 0 bridgehead atoms. The van der Waals surface area contributed by atoms with Gasteiger partial charge in [-0.05, 0) is 61.0 Å². The van der Waals surface area contributed by atoms with Crippen LogP contribution in [0.2, 0.25) is 0 Å². The molecule has 0 saturated carbocycles. The third kappa shape index (κ3) is 6.57. The van der Waals surface area contributed by atoms with Gasteiger partial charge in [-0.3, -0.25) is 14.9 Å². The number of hydrazone groups is 1. The highest BCUT2D eigenvalue weighted by Crippen LogP contribution is 2.24. The number of carbonyl (C=O) groups excluding carboxylic acids is 1. The summed E-state index contributed by atoms with van der Waals surface area (Å²) in [5, 5.41) is 14.7. The Morgan fingerprint density at radius 3 is 2.39 bits per heavy atom. The van der Waals surface area contributed by atoms with Crippen LogP contribution in [0.1, 0.15) is 18.2 Å². The number of benzene rings is 3. The SMILES string of the molecule is CC(Oc1ccc(OCc2ccccc2)cc1)C(=O)N/N=C/c1ccc(-c2ccc([N+](=O)[O-])cc2)o1. The van der Waals surface area contributed by atoms with E-state index in [1.165, 1.54) is 18.3 Å². The first-order valence-corrected chi connectivity index (χ1v) is 11.1. The van der Waals surface area contributed by atoms with Crippen molar-refractivity contribution in [3.05, 3.63) is 112 Å². The van der Waals surface area contributed by atoms with Crippen molar-refractivity contribution in [2.45, 2.75) is 19.6 Å². The molecular formula is C27H23N3O6. The fraction of sp³-hybridized carbons (Fsp3) is 0.111. The van der Waals surface area contributed by atoms with E-state index in [9.17, 15) is 14.9 Å². The Balaban J connectivity index is 1.25. The van der Waals surface area contributed by atoms with Crippen LogP contribution in [-0.2, 0) is 11.4 Å². The lowest BCUT2D eigenvalue weighted by molar-refractivity contribution is -0.384. The number of furan rings is 1. The Morgan fingerprint density at radius 1 is 1.00 bits per heavy atom. The monoisotopic (exact) mass is 485 g/mol. The van der Waals surface area contributed by atoms with Gasteiger partial charge >= 0.3 is 0 Å². The van der Waals surface area contributed by atoms with Crippen LogP contribution in [0.4, 0.5) is 5.69 Å². The molecule has 1 amide bonds. The number of nitrogens with one attached hydrogen (secondary N) is 1. The van der Waals surface area contributed by atoms with Crippen LogP contribution < -0.4 is 14.9 Å². The van der Waals surface area contributed by atoms with Crippen LogP contribution >= 0.6 is 0 Å². The van der Waals surface area contributed by atoms with Crippen molar-refractivity contribution in [2.24, 2.45) is 5.10 Å². The molecule has 4 rings (SSSR count). The summed E-state index contributed by atoms with van der Waals surface area (Å²) < 4.78 is 17.1. The van der Waals surface area contributed by atoms with E-state index in [1.54, 1.807) is 55.5 Å². The molecule has 0 aliphatic rings. The fourth-order valence-corrected chi connectivity index (χ4v) is 3.19. The highest BCUT2D eigenvalue weighted by molar-refractivity contribution is 5.83. The van der Waals surface area contributed by atoms with E-state index in [2.05, 4.69) is 10.5 Å². The van der Waals surface area contributed by atoms with Gasteiger partial charge in [-0.2, -0.15) is 5.10 Å². The van der Waals surface area contributed by atoms with Crippen LogP contribution in [0, 0.1) is 10.1 Å². The normalized spacial score (nSPS) is 11.7. The summed E-state index contributed by atoms with van der Waals surface area (Å²) in [6, 6.07) is 26.3. The predicted molar refractivity (Wildman–Crippen MR) is 134 cm³/mol. The van der Waals surface area contributed by atoms with Gasteiger partial charge in [0.2, 0.25) is 0 Å². The summed E-state index contributed by atoms with van der Waals surface area (Å²) >= 11 is 0. The lowest BCUT2D eigenvalue weighted by atomic mass is 10.1. The number of non-ortho nitro benzene ring substituents is 1. The first-order chi connectivity index (χ1) is 17.5. The van der Waals surface area contributed by atoms with Crippen molar-refractivity contribution in [1.82, 2.24) is 5.43 Å². The predicted octanol–water partition coefficient (Wildman–Crippen LogP) is 5.35. The maximum absolute atomic E-state index is 12.3. The van der Waals surface area contributed by atoms with E-state index in [0.717, 1.165) is 5.56 Å². The Hall–Kier alpha value is -4.92. The number of carbonyl (C=O) groups is 1. The van der Waals surface area contributed by atoms with Crippen LogP contribution in [0.15, 0.2) is 101 Å². The summed E-state index contributed by atoms with van der Waals surface area (Å²) in [6.45, 7) is 2.08. The Morgan fingerprint density at radius 2 is 1.69 bits per heavy atom. The number of hydrogen-bond acceptors (Lipinski definition) is 7. The molecule has 1 unspecified atom stereocenters. The summed E-state index contributed by atoms with van der Waals surface area (Å²) in [5.41, 5.74) is 4.17. The minimum atomic E-state index is -0.787. The molecule has 1 atom stereocenters. The van der Waals surface area contributed by atoms with Crippen LogP contribution in [0.25, 0.3) is 11.3 Å². The maximum atomic E-state index is 12.3. The van der Waals surface area contributed by atoms with E-state index in [-0.39, 0.29) is 5.69 Å². The van der Waals surface area contributed by atoms with Crippen LogP contribution in [0.3, 0.4) is 0 Å². The number of amides is 1. The van der Waals surface area contributed by atoms with Gasteiger partial charge in [-0.25, -0.2) is 5.43 Å². The molecule has 182 valence electrons. The highest BCUT2D eigenvalue weighted by Gasteiger charge is 2.14. The van der Waals surface area contributed by atoms with Gasteiger partial charge in [0.1, 0.15) is 29.6 Å². The first kappa shape index (κ1) is 24.2. The number of nitro benzene ring substituents is 1. The molecule has 9 heteroatoms. The molecule has 4 aromatic rings. The Labute approximate surface area is 207 Å². The van der Waals surface area contributed by atoms with Gasteiger partial charge in [-0.1, -0.05) is 30.3 Å². The quantitative estimate of drug-likeness (QED) is 0.184. The van der Waals surface area contributed by atoms with E-state index in [4.69, 9.17) is 13.9 Å². The summed E-state index contributed by atoms with van der Waals surface area (Å²) in [4.78, 5) is 22.6. The van der Waals surface area contributed by atoms with Crippen molar-refractivity contribution >= 4 is 17.8 Å². The summed E-state index contributed by atoms with van der Waals surface area (Å²) in [6.07, 6.45) is 0.573. The maximum Gasteiger partial charge on any atom is 0.280 e. The molecule has 0 aliphatic carbocycles. The Kier molecular flexibility index (Phi) is 7.72. The average Bonchev–Trinajstić information content (AvgIpc) is 3.38. The van der Waals surface area contributed by atoms with Gasteiger partial charge in [-0.15, -0.1) is 0 Å². The topological polar surface area (TPSA) is 116 Å². The summed E-state index contributed by atoms with van der Waals surface area (Å²) in [7, 11) is 0. The molecule has 1 heterocycles. The average molecular weight is 485 g/mol. The molecule has 1 N–H and O–H groups in total. The zero-order valence-corrected chi connectivity index (χ0v) is 19.4. The van der Waals surface area contributed by atoms with Gasteiger partial charge in [0, 0.05) is 17.7 Å². The minimum absolute atomic E-state index is 0.00141. The van der Waals surface area contributed by atoms with Gasteiger partial charge < -0.3 is 13.9 Å². The number of nitrogens with zero attached hydrogens (tertiary/aromatic N) is 2. The molecule has 9 nitrogen and oxygen atoms in total. The lowest BCUT2D eigenvalue weighted by Gasteiger charge is -2.13. The second-order valence-electron chi connectivity index (χ2n) is 7.75. The second-order valence-corrected chi connectivity index (χ2v) is 7.75. The van der Waals surface area contributed by atoms with Crippen molar-refractivity contribution in [3.63, 3.8) is 0 Å². The molecule has 0 aliphatic heterocycles. The van der Waals surface area contributed by atoms with E-state index < -0.39 is 16.9 Å². The third-order valence-electron chi connectivity index (χ3n) is 5.11. The van der Waals surface area contributed by atoms with Crippen molar-refractivity contribution in [2.75, 3.05) is 0 Å². The molecule has 0 spiro atoms. The second kappa shape index (κ2) is 11.5. The van der Waals surface area contributed by atoms with Crippen molar-refractivity contribution in [1.29, 1.82) is 0 Å². The van der Waals surface area contributed by atoms with Crippen molar-refractivity contribution in [3.8, 4) is 22.8 Å². The van der Waals surface area contributed by atoms with Crippen LogP contribution in [-0.4, -0.2) is 23.1 Å². The Bertz CT molecular complexity index is 1330.